The minimum atomic E-state index is -0.706. The van der Waals surface area contributed by atoms with E-state index in [-0.39, 0.29) is 28.7 Å². The van der Waals surface area contributed by atoms with Gasteiger partial charge in [-0.25, -0.2) is 18.7 Å². The lowest BCUT2D eigenvalue weighted by atomic mass is 10.0. The third kappa shape index (κ3) is 4.04. The largest absolute Gasteiger partial charge is 0.355 e. The maximum Gasteiger partial charge on any atom is 0.355 e. The van der Waals surface area contributed by atoms with Crippen LogP contribution in [-0.4, -0.2) is 56.0 Å². The number of pyridine rings is 2. The lowest BCUT2D eigenvalue weighted by molar-refractivity contribution is -0.128. The average Bonchev–Trinajstić information content (AvgIpc) is 2.79. The molecule has 1 atom stereocenters. The number of halogens is 2. The molecule has 34 heavy (non-hydrogen) atoms. The molecular weight excluding hydrogens is 459 g/mol. The van der Waals surface area contributed by atoms with Crippen molar-refractivity contribution >= 4 is 34.4 Å². The number of carbonyl (C=O) groups is 1. The van der Waals surface area contributed by atoms with Crippen LogP contribution in [0.4, 0.5) is 10.2 Å². The molecule has 0 saturated carbocycles. The highest BCUT2D eigenvalue weighted by atomic mass is 35.5. The van der Waals surface area contributed by atoms with E-state index in [4.69, 9.17) is 11.6 Å². The summed E-state index contributed by atoms with van der Waals surface area (Å²) >= 11 is 6.07. The Kier molecular flexibility index (Phi) is 6.40. The van der Waals surface area contributed by atoms with Crippen molar-refractivity contribution in [2.75, 3.05) is 24.5 Å². The normalized spacial score (nSPS) is 16.4. The zero-order chi connectivity index (χ0) is 24.7. The second-order valence-electron chi connectivity index (χ2n) is 8.73. The van der Waals surface area contributed by atoms with Gasteiger partial charge in [0.05, 0.1) is 16.8 Å². The molecule has 1 fully saturated rings. The maximum absolute atomic E-state index is 14.6. The van der Waals surface area contributed by atoms with Crippen molar-refractivity contribution in [3.63, 3.8) is 0 Å². The Morgan fingerprint density at radius 3 is 2.71 bits per heavy atom. The topological polar surface area (TPSA) is 84.2 Å². The van der Waals surface area contributed by atoms with Crippen LogP contribution < -0.4 is 10.6 Å². The van der Waals surface area contributed by atoms with Gasteiger partial charge < -0.3 is 9.80 Å². The number of rotatable bonds is 4. The Labute approximate surface area is 201 Å². The van der Waals surface area contributed by atoms with Crippen LogP contribution in [0.2, 0.25) is 5.15 Å². The first kappa shape index (κ1) is 23.8. The monoisotopic (exact) mass is 484 g/mol. The number of nitrogens with zero attached hydrogens (tertiary/aromatic N) is 6. The number of fused-ring (bicyclic) bond motifs is 1. The Morgan fingerprint density at radius 2 is 2.06 bits per heavy atom. The van der Waals surface area contributed by atoms with E-state index in [9.17, 15) is 14.0 Å². The Morgan fingerprint density at radius 1 is 1.32 bits per heavy atom. The van der Waals surface area contributed by atoms with Crippen LogP contribution in [0.5, 0.6) is 0 Å². The molecule has 0 aromatic carbocycles. The first-order valence-corrected chi connectivity index (χ1v) is 11.4. The molecule has 0 aliphatic carbocycles. The number of aryl methyl sites for hydroxylation is 1. The lowest BCUT2D eigenvalue weighted by Crippen LogP contribution is -2.54. The van der Waals surface area contributed by atoms with Crippen LogP contribution in [0.1, 0.15) is 37.9 Å². The minimum Gasteiger partial charge on any atom is -0.352 e. The van der Waals surface area contributed by atoms with Crippen molar-refractivity contribution in [2.24, 2.45) is 0 Å². The molecular formula is C24H26ClFN6O2. The number of aromatic nitrogens is 4. The van der Waals surface area contributed by atoms with Crippen molar-refractivity contribution < 1.29 is 9.18 Å². The van der Waals surface area contributed by atoms with Crippen LogP contribution in [0.3, 0.4) is 0 Å². The molecule has 1 saturated heterocycles. The third-order valence-corrected chi connectivity index (χ3v) is 6.33. The van der Waals surface area contributed by atoms with Gasteiger partial charge in [-0.3, -0.25) is 9.78 Å². The first-order chi connectivity index (χ1) is 16.1. The second kappa shape index (κ2) is 9.13. The summed E-state index contributed by atoms with van der Waals surface area (Å²) in [4.78, 5) is 42.3. The summed E-state index contributed by atoms with van der Waals surface area (Å²) in [5.41, 5.74) is 1.72. The Hall–Kier alpha value is -3.33. The van der Waals surface area contributed by atoms with Gasteiger partial charge in [0, 0.05) is 31.9 Å². The highest BCUT2D eigenvalue weighted by molar-refractivity contribution is 6.30. The van der Waals surface area contributed by atoms with Crippen molar-refractivity contribution in [2.45, 2.75) is 39.7 Å². The number of anilines is 1. The number of hydrogen-bond acceptors (Lipinski definition) is 6. The number of carbonyl (C=O) groups excluding carboxylic acids is 1. The Balaban J connectivity index is 1.95. The van der Waals surface area contributed by atoms with Crippen LogP contribution in [0.25, 0.3) is 16.7 Å². The van der Waals surface area contributed by atoms with Gasteiger partial charge in [-0.05, 0) is 43.5 Å². The van der Waals surface area contributed by atoms with Gasteiger partial charge >= 0.3 is 5.69 Å². The number of piperazine rings is 1. The molecule has 1 aliphatic heterocycles. The van der Waals surface area contributed by atoms with Gasteiger partial charge in [0.25, 0.3) is 0 Å². The summed E-state index contributed by atoms with van der Waals surface area (Å²) in [6.45, 7) is 12.5. The number of amides is 1. The fourth-order valence-corrected chi connectivity index (χ4v) is 4.54. The van der Waals surface area contributed by atoms with Gasteiger partial charge in [-0.2, -0.15) is 4.98 Å². The van der Waals surface area contributed by atoms with Gasteiger partial charge in [-0.1, -0.05) is 32.0 Å². The highest BCUT2D eigenvalue weighted by Gasteiger charge is 2.30. The van der Waals surface area contributed by atoms with E-state index in [1.165, 1.54) is 16.7 Å². The molecule has 1 aliphatic rings. The van der Waals surface area contributed by atoms with E-state index in [0.29, 0.717) is 42.2 Å². The van der Waals surface area contributed by atoms with Crippen molar-refractivity contribution in [1.29, 1.82) is 0 Å². The molecule has 0 bridgehead atoms. The molecule has 8 nitrogen and oxygen atoms in total. The predicted molar refractivity (Wildman–Crippen MR) is 130 cm³/mol. The van der Waals surface area contributed by atoms with Gasteiger partial charge in [-0.15, -0.1) is 0 Å². The van der Waals surface area contributed by atoms with Crippen LogP contribution in [0, 0.1) is 12.7 Å². The smallest absolute Gasteiger partial charge is 0.352 e. The standard InChI is InChI=1S/C24H26ClFN6O2/c1-6-18(33)31-10-9-30(12-15(31)5)22-16-11-17(26)21(25)28-23(16)32(24(34)29-22)20-14(4)7-8-27-19(20)13(2)3/h6-8,11,13,15H,1,9-10,12H2,2-5H3/t15-/m0/s1. The quantitative estimate of drug-likeness (QED) is 0.415. The van der Waals surface area contributed by atoms with E-state index in [2.05, 4.69) is 21.5 Å². The molecule has 3 aromatic rings. The molecule has 10 heteroatoms. The molecule has 178 valence electrons. The zero-order valence-electron chi connectivity index (χ0n) is 19.5. The van der Waals surface area contributed by atoms with E-state index >= 15 is 0 Å². The van der Waals surface area contributed by atoms with Crippen LogP contribution in [0.15, 0.2) is 35.8 Å². The van der Waals surface area contributed by atoms with E-state index in [1.807, 2.05) is 32.6 Å². The second-order valence-corrected chi connectivity index (χ2v) is 9.09. The zero-order valence-corrected chi connectivity index (χ0v) is 20.3. The molecule has 0 N–H and O–H groups in total. The summed E-state index contributed by atoms with van der Waals surface area (Å²) in [7, 11) is 0. The first-order valence-electron chi connectivity index (χ1n) is 11.1. The summed E-state index contributed by atoms with van der Waals surface area (Å²) < 4.78 is 16.0. The molecule has 4 rings (SSSR count). The number of hydrogen-bond donors (Lipinski definition) is 0. The molecule has 1 amide bonds. The fraction of sp³-hybridized carbons (Fsp3) is 0.375. The van der Waals surface area contributed by atoms with Gasteiger partial charge in [0.2, 0.25) is 5.91 Å². The highest BCUT2D eigenvalue weighted by Crippen LogP contribution is 2.31. The fourth-order valence-electron chi connectivity index (χ4n) is 4.41. The maximum atomic E-state index is 14.6. The molecule has 0 radical (unpaired) electrons. The van der Waals surface area contributed by atoms with Crippen molar-refractivity contribution in [3.8, 4) is 5.69 Å². The van der Waals surface area contributed by atoms with Gasteiger partial charge in [0.15, 0.2) is 16.6 Å². The third-order valence-electron chi connectivity index (χ3n) is 6.07. The predicted octanol–water partition coefficient (Wildman–Crippen LogP) is 3.62. The average molecular weight is 485 g/mol. The summed E-state index contributed by atoms with van der Waals surface area (Å²) in [6, 6.07) is 2.91. The van der Waals surface area contributed by atoms with E-state index in [0.717, 1.165) is 5.56 Å². The molecule has 3 aromatic heterocycles. The van der Waals surface area contributed by atoms with E-state index < -0.39 is 11.5 Å². The van der Waals surface area contributed by atoms with Crippen LogP contribution in [-0.2, 0) is 4.79 Å². The summed E-state index contributed by atoms with van der Waals surface area (Å²) in [5, 5.41) is 0.0235. The minimum absolute atomic E-state index is 0.0174. The van der Waals surface area contributed by atoms with E-state index in [1.54, 1.807) is 17.2 Å². The molecule has 4 heterocycles. The summed E-state index contributed by atoms with van der Waals surface area (Å²) in [6.07, 6.45) is 2.97. The van der Waals surface area contributed by atoms with Crippen LogP contribution >= 0.6 is 11.6 Å². The van der Waals surface area contributed by atoms with Gasteiger partial charge in [0.1, 0.15) is 5.82 Å². The SMILES string of the molecule is C=CC(=O)N1CCN(c2nc(=O)n(-c3c(C)ccnc3C(C)C)c3nc(Cl)c(F)cc23)C[C@@H]1C. The van der Waals surface area contributed by atoms with Crippen molar-refractivity contribution in [3.05, 3.63) is 63.7 Å². The molecule has 0 unspecified atom stereocenters. The van der Waals surface area contributed by atoms with Crippen molar-refractivity contribution in [1.82, 2.24) is 24.4 Å². The Bertz CT molecular complexity index is 1360. The summed E-state index contributed by atoms with van der Waals surface area (Å²) in [5.74, 6) is -0.538. The molecule has 0 spiro atoms. The lowest BCUT2D eigenvalue weighted by Gasteiger charge is -2.40.